The van der Waals surface area contributed by atoms with E-state index in [1.54, 1.807) is 12.5 Å². The van der Waals surface area contributed by atoms with Gasteiger partial charge in [0.25, 0.3) is 5.91 Å². The van der Waals surface area contributed by atoms with E-state index in [1.807, 2.05) is 25.1 Å². The Morgan fingerprint density at radius 1 is 1.40 bits per heavy atom. The monoisotopic (exact) mass is 272 g/mol. The second kappa shape index (κ2) is 6.75. The Kier molecular flexibility index (Phi) is 4.76. The molecule has 3 N–H and O–H groups in total. The average molecular weight is 272 g/mol. The number of benzene rings is 1. The summed E-state index contributed by atoms with van der Waals surface area (Å²) in [7, 11) is 0. The molecule has 0 unspecified atom stereocenters. The lowest BCUT2D eigenvalue weighted by Gasteiger charge is -2.10. The van der Waals surface area contributed by atoms with Crippen LogP contribution < -0.4 is 10.6 Å². The molecule has 1 amide bonds. The number of carbonyl (C=O) groups is 1. The quantitative estimate of drug-likeness (QED) is 0.756. The first-order chi connectivity index (χ1) is 9.70. The lowest BCUT2D eigenvalue weighted by Crippen LogP contribution is -2.23. The molecule has 5 nitrogen and oxygen atoms in total. The smallest absolute Gasteiger partial charge is 0.251 e. The summed E-state index contributed by atoms with van der Waals surface area (Å²) >= 11 is 0. The molecule has 0 aliphatic heterocycles. The number of hydrogen-bond donors (Lipinski definition) is 3. The van der Waals surface area contributed by atoms with Gasteiger partial charge in [-0.1, -0.05) is 6.92 Å². The van der Waals surface area contributed by atoms with Crippen molar-refractivity contribution in [3.05, 3.63) is 47.5 Å². The van der Waals surface area contributed by atoms with E-state index in [0.717, 1.165) is 29.9 Å². The summed E-state index contributed by atoms with van der Waals surface area (Å²) in [6.45, 7) is 5.46. The summed E-state index contributed by atoms with van der Waals surface area (Å²) in [6.07, 6.45) is 4.37. The summed E-state index contributed by atoms with van der Waals surface area (Å²) in [6, 6.07) is 5.80. The third-order valence-electron chi connectivity index (χ3n) is 3.04. The van der Waals surface area contributed by atoms with Crippen LogP contribution in [0, 0.1) is 6.92 Å². The van der Waals surface area contributed by atoms with E-state index in [9.17, 15) is 4.79 Å². The Hall–Kier alpha value is -2.30. The molecule has 1 aromatic carbocycles. The maximum absolute atomic E-state index is 12.1. The van der Waals surface area contributed by atoms with Crippen molar-refractivity contribution in [1.29, 1.82) is 0 Å². The van der Waals surface area contributed by atoms with E-state index in [2.05, 4.69) is 27.5 Å². The number of nitrogens with one attached hydrogen (secondary N) is 3. The molecule has 2 rings (SSSR count). The molecule has 0 saturated heterocycles. The van der Waals surface area contributed by atoms with Gasteiger partial charge >= 0.3 is 0 Å². The van der Waals surface area contributed by atoms with Gasteiger partial charge in [-0.05, 0) is 37.1 Å². The number of aryl methyl sites for hydroxylation is 1. The summed E-state index contributed by atoms with van der Waals surface area (Å²) < 4.78 is 0. The fourth-order valence-electron chi connectivity index (χ4n) is 1.95. The molecule has 0 aliphatic carbocycles. The lowest BCUT2D eigenvalue weighted by atomic mass is 10.1. The second-order valence-corrected chi connectivity index (χ2v) is 4.72. The van der Waals surface area contributed by atoms with Crippen LogP contribution in [0.3, 0.4) is 0 Å². The lowest BCUT2D eigenvalue weighted by molar-refractivity contribution is 0.0950. The molecular formula is C15H20N4O. The van der Waals surface area contributed by atoms with Gasteiger partial charge < -0.3 is 15.6 Å². The minimum absolute atomic E-state index is 0.0702. The topological polar surface area (TPSA) is 69.8 Å². The predicted molar refractivity (Wildman–Crippen MR) is 79.7 cm³/mol. The zero-order valence-corrected chi connectivity index (χ0v) is 11.9. The Morgan fingerprint density at radius 2 is 2.25 bits per heavy atom. The average Bonchev–Trinajstić information content (AvgIpc) is 2.96. The van der Waals surface area contributed by atoms with E-state index >= 15 is 0 Å². The molecule has 0 atom stereocenters. The zero-order valence-electron chi connectivity index (χ0n) is 11.9. The molecule has 5 heteroatoms. The molecule has 0 spiro atoms. The maximum atomic E-state index is 12.1. The molecule has 106 valence electrons. The number of hydrogen-bond acceptors (Lipinski definition) is 3. The van der Waals surface area contributed by atoms with Crippen molar-refractivity contribution in [3.8, 4) is 0 Å². The first-order valence-electron chi connectivity index (χ1n) is 6.80. The zero-order chi connectivity index (χ0) is 14.4. The SMILES string of the molecule is CCCNc1ccc(C(=O)NCc2cnc[nH]2)c(C)c1. The Morgan fingerprint density at radius 3 is 2.90 bits per heavy atom. The minimum atomic E-state index is -0.0702. The molecule has 0 fully saturated rings. The number of aromatic nitrogens is 2. The van der Waals surface area contributed by atoms with Gasteiger partial charge in [-0.15, -0.1) is 0 Å². The highest BCUT2D eigenvalue weighted by atomic mass is 16.1. The Labute approximate surface area is 118 Å². The van der Waals surface area contributed by atoms with Crippen LogP contribution in [0.4, 0.5) is 5.69 Å². The first kappa shape index (κ1) is 14.1. The molecule has 0 aliphatic rings. The van der Waals surface area contributed by atoms with Crippen LogP contribution in [0.5, 0.6) is 0 Å². The third kappa shape index (κ3) is 3.60. The van der Waals surface area contributed by atoms with Gasteiger partial charge in [-0.3, -0.25) is 4.79 Å². The third-order valence-corrected chi connectivity index (χ3v) is 3.04. The number of amides is 1. The number of aromatic amines is 1. The largest absolute Gasteiger partial charge is 0.385 e. The van der Waals surface area contributed by atoms with Crippen LogP contribution in [0.1, 0.15) is 35.0 Å². The highest BCUT2D eigenvalue weighted by Gasteiger charge is 2.09. The number of anilines is 1. The molecule has 20 heavy (non-hydrogen) atoms. The van der Waals surface area contributed by atoms with Crippen molar-refractivity contribution in [3.63, 3.8) is 0 Å². The number of rotatable bonds is 6. The fourth-order valence-corrected chi connectivity index (χ4v) is 1.95. The highest BCUT2D eigenvalue weighted by Crippen LogP contribution is 2.15. The number of carbonyl (C=O) groups excluding carboxylic acids is 1. The fraction of sp³-hybridized carbons (Fsp3) is 0.333. The number of imidazole rings is 1. The van der Waals surface area contributed by atoms with E-state index in [4.69, 9.17) is 0 Å². The van der Waals surface area contributed by atoms with Gasteiger partial charge in [0.15, 0.2) is 0 Å². The van der Waals surface area contributed by atoms with Crippen molar-refractivity contribution in [2.45, 2.75) is 26.8 Å². The molecular weight excluding hydrogens is 252 g/mol. The second-order valence-electron chi connectivity index (χ2n) is 4.72. The summed E-state index contributed by atoms with van der Waals surface area (Å²) in [5.41, 5.74) is 3.60. The maximum Gasteiger partial charge on any atom is 0.251 e. The first-order valence-corrected chi connectivity index (χ1v) is 6.80. The predicted octanol–water partition coefficient (Wildman–Crippen LogP) is 2.47. The van der Waals surface area contributed by atoms with E-state index in [0.29, 0.717) is 12.1 Å². The molecule has 0 radical (unpaired) electrons. The van der Waals surface area contributed by atoms with Crippen molar-refractivity contribution in [2.75, 3.05) is 11.9 Å². The van der Waals surface area contributed by atoms with Crippen LogP contribution in [-0.4, -0.2) is 22.4 Å². The molecule has 0 saturated carbocycles. The van der Waals surface area contributed by atoms with Crippen molar-refractivity contribution < 1.29 is 4.79 Å². The van der Waals surface area contributed by atoms with Gasteiger partial charge in [0.2, 0.25) is 0 Å². The molecule has 0 bridgehead atoms. The standard InChI is InChI=1S/C15H20N4O/c1-3-6-17-12-4-5-14(11(2)7-12)15(20)18-9-13-8-16-10-19-13/h4-5,7-8,10,17H,3,6,9H2,1-2H3,(H,16,19)(H,18,20). The van der Waals surface area contributed by atoms with Gasteiger partial charge in [0.05, 0.1) is 18.6 Å². The summed E-state index contributed by atoms with van der Waals surface area (Å²) in [5, 5.41) is 6.18. The van der Waals surface area contributed by atoms with Crippen molar-refractivity contribution in [1.82, 2.24) is 15.3 Å². The minimum Gasteiger partial charge on any atom is -0.385 e. The molecule has 1 aromatic heterocycles. The Bertz CT molecular complexity index is 563. The van der Waals surface area contributed by atoms with E-state index in [1.165, 1.54) is 0 Å². The van der Waals surface area contributed by atoms with Crippen molar-refractivity contribution in [2.24, 2.45) is 0 Å². The van der Waals surface area contributed by atoms with E-state index < -0.39 is 0 Å². The highest BCUT2D eigenvalue weighted by molar-refractivity contribution is 5.96. The van der Waals surface area contributed by atoms with Gasteiger partial charge in [-0.25, -0.2) is 4.98 Å². The van der Waals surface area contributed by atoms with Crippen LogP contribution in [0.25, 0.3) is 0 Å². The van der Waals surface area contributed by atoms with Crippen molar-refractivity contribution >= 4 is 11.6 Å². The van der Waals surface area contributed by atoms with Gasteiger partial charge in [0, 0.05) is 24.0 Å². The summed E-state index contributed by atoms with van der Waals surface area (Å²) in [5.74, 6) is -0.0702. The van der Waals surface area contributed by atoms with Crippen LogP contribution in [0.15, 0.2) is 30.7 Å². The van der Waals surface area contributed by atoms with Crippen LogP contribution in [0.2, 0.25) is 0 Å². The van der Waals surface area contributed by atoms with Gasteiger partial charge in [-0.2, -0.15) is 0 Å². The summed E-state index contributed by atoms with van der Waals surface area (Å²) in [4.78, 5) is 19.0. The van der Waals surface area contributed by atoms with Crippen LogP contribution in [-0.2, 0) is 6.54 Å². The Balaban J connectivity index is 1.98. The van der Waals surface area contributed by atoms with E-state index in [-0.39, 0.29) is 5.91 Å². The molecule has 1 heterocycles. The number of H-pyrrole nitrogens is 1. The van der Waals surface area contributed by atoms with Gasteiger partial charge in [0.1, 0.15) is 0 Å². The number of nitrogens with zero attached hydrogens (tertiary/aromatic N) is 1. The molecule has 2 aromatic rings. The normalized spacial score (nSPS) is 10.3. The van der Waals surface area contributed by atoms with Crippen LogP contribution >= 0.6 is 0 Å².